The van der Waals surface area contributed by atoms with E-state index in [1.807, 2.05) is 26.2 Å². The molecule has 0 radical (unpaired) electrons. The second-order valence-electron chi connectivity index (χ2n) is 3.22. The van der Waals surface area contributed by atoms with E-state index < -0.39 is 0 Å². The Balaban J connectivity index is 3.06. The van der Waals surface area contributed by atoms with E-state index in [9.17, 15) is 0 Å². The Morgan fingerprint density at radius 2 is 2.23 bits per heavy atom. The third-order valence-electron chi connectivity index (χ3n) is 2.10. The molecule has 0 spiro atoms. The van der Waals surface area contributed by atoms with Gasteiger partial charge in [-0.1, -0.05) is 12.1 Å². The maximum Gasteiger partial charge on any atom is 0.0678 e. The molecule has 2 nitrogen and oxygen atoms in total. The van der Waals surface area contributed by atoms with Crippen LogP contribution in [-0.4, -0.2) is 12.0 Å². The Labute approximate surface area is 79.7 Å². The van der Waals surface area contributed by atoms with Gasteiger partial charge in [-0.15, -0.1) is 6.58 Å². The fourth-order valence-electron chi connectivity index (χ4n) is 1.42. The van der Waals surface area contributed by atoms with Gasteiger partial charge in [0.15, 0.2) is 0 Å². The van der Waals surface area contributed by atoms with Crippen molar-refractivity contribution in [1.82, 2.24) is 10.3 Å². The van der Waals surface area contributed by atoms with Gasteiger partial charge < -0.3 is 5.32 Å². The van der Waals surface area contributed by atoms with Crippen LogP contribution in [0.4, 0.5) is 0 Å². The van der Waals surface area contributed by atoms with Crippen LogP contribution in [0.5, 0.6) is 0 Å². The van der Waals surface area contributed by atoms with Crippen LogP contribution in [-0.2, 0) is 0 Å². The number of likely N-dealkylation sites (N-methyl/N-ethyl adjacent to an activating group) is 1. The fraction of sp³-hybridized carbons (Fsp3) is 0.364. The summed E-state index contributed by atoms with van der Waals surface area (Å²) in [6, 6.07) is 2.29. The fourth-order valence-corrected chi connectivity index (χ4v) is 1.42. The van der Waals surface area contributed by atoms with Crippen LogP contribution in [0.25, 0.3) is 0 Å². The zero-order chi connectivity index (χ0) is 9.84. The zero-order valence-corrected chi connectivity index (χ0v) is 8.46. The molecule has 1 N–H and O–H groups in total. The van der Waals surface area contributed by atoms with Gasteiger partial charge in [0.1, 0.15) is 0 Å². The molecule has 0 saturated heterocycles. The Bertz CT molecular complexity index is 305. The van der Waals surface area contributed by atoms with Crippen molar-refractivity contribution < 1.29 is 0 Å². The standard InChI is InChI=1S/C11H16N2/c1-5-10(12-4)11-9(3)6-8(2)7-13-11/h5-7,10,12H,1H2,2-4H3. The maximum atomic E-state index is 4.39. The summed E-state index contributed by atoms with van der Waals surface area (Å²) in [4.78, 5) is 4.39. The third-order valence-corrected chi connectivity index (χ3v) is 2.10. The second kappa shape index (κ2) is 4.19. The molecule has 1 aromatic rings. The number of pyridine rings is 1. The number of hydrogen-bond acceptors (Lipinski definition) is 2. The molecular formula is C11H16N2. The summed E-state index contributed by atoms with van der Waals surface area (Å²) in [6.45, 7) is 7.89. The number of aryl methyl sites for hydroxylation is 2. The number of hydrogen-bond donors (Lipinski definition) is 1. The number of nitrogens with one attached hydrogen (secondary N) is 1. The molecule has 0 amide bonds. The molecule has 2 heteroatoms. The lowest BCUT2D eigenvalue weighted by Crippen LogP contribution is -2.16. The average Bonchev–Trinajstić information content (AvgIpc) is 2.10. The van der Waals surface area contributed by atoms with Crippen LogP contribution >= 0.6 is 0 Å². The van der Waals surface area contributed by atoms with Crippen LogP contribution in [0.1, 0.15) is 22.9 Å². The average molecular weight is 176 g/mol. The topological polar surface area (TPSA) is 24.9 Å². The molecule has 1 atom stereocenters. The lowest BCUT2D eigenvalue weighted by atomic mass is 10.1. The SMILES string of the molecule is C=CC(NC)c1ncc(C)cc1C. The van der Waals surface area contributed by atoms with Crippen LogP contribution in [0, 0.1) is 13.8 Å². The first-order valence-electron chi connectivity index (χ1n) is 4.42. The second-order valence-corrected chi connectivity index (χ2v) is 3.22. The molecule has 0 aliphatic carbocycles. The Kier molecular flexibility index (Phi) is 3.20. The largest absolute Gasteiger partial charge is 0.309 e. The highest BCUT2D eigenvalue weighted by Crippen LogP contribution is 2.15. The summed E-state index contributed by atoms with van der Waals surface area (Å²) in [5.74, 6) is 0. The minimum absolute atomic E-state index is 0.153. The molecule has 0 bridgehead atoms. The van der Waals surface area contributed by atoms with Crippen molar-refractivity contribution in [3.05, 3.63) is 41.7 Å². The number of rotatable bonds is 3. The van der Waals surface area contributed by atoms with Gasteiger partial charge in [0, 0.05) is 6.20 Å². The normalized spacial score (nSPS) is 12.5. The lowest BCUT2D eigenvalue weighted by Gasteiger charge is -2.13. The summed E-state index contributed by atoms with van der Waals surface area (Å²) >= 11 is 0. The van der Waals surface area contributed by atoms with Crippen LogP contribution in [0.15, 0.2) is 24.9 Å². The number of aromatic nitrogens is 1. The number of nitrogens with zero attached hydrogens (tertiary/aromatic N) is 1. The van der Waals surface area contributed by atoms with Crippen molar-refractivity contribution in [1.29, 1.82) is 0 Å². The first kappa shape index (κ1) is 9.93. The highest BCUT2D eigenvalue weighted by Gasteiger charge is 2.08. The van der Waals surface area contributed by atoms with E-state index in [1.54, 1.807) is 0 Å². The molecular weight excluding hydrogens is 160 g/mol. The van der Waals surface area contributed by atoms with E-state index in [0.29, 0.717) is 0 Å². The first-order valence-corrected chi connectivity index (χ1v) is 4.42. The van der Waals surface area contributed by atoms with E-state index in [1.165, 1.54) is 11.1 Å². The molecule has 0 fully saturated rings. The van der Waals surface area contributed by atoms with Gasteiger partial charge >= 0.3 is 0 Å². The van der Waals surface area contributed by atoms with Crippen LogP contribution in [0.2, 0.25) is 0 Å². The summed E-state index contributed by atoms with van der Waals surface area (Å²) < 4.78 is 0. The third kappa shape index (κ3) is 2.16. The molecule has 0 aliphatic heterocycles. The molecule has 13 heavy (non-hydrogen) atoms. The summed E-state index contributed by atoms with van der Waals surface area (Å²) in [6.07, 6.45) is 3.75. The Morgan fingerprint density at radius 3 is 2.69 bits per heavy atom. The predicted octanol–water partition coefficient (Wildman–Crippen LogP) is 2.14. The van der Waals surface area contributed by atoms with E-state index in [2.05, 4.69) is 29.9 Å². The molecule has 70 valence electrons. The smallest absolute Gasteiger partial charge is 0.0678 e. The predicted molar refractivity (Wildman–Crippen MR) is 55.7 cm³/mol. The molecule has 1 aromatic heterocycles. The van der Waals surface area contributed by atoms with Crippen molar-refractivity contribution in [3.8, 4) is 0 Å². The lowest BCUT2D eigenvalue weighted by molar-refractivity contribution is 0.688. The van der Waals surface area contributed by atoms with Crippen LogP contribution in [0.3, 0.4) is 0 Å². The van der Waals surface area contributed by atoms with Gasteiger partial charge in [-0.2, -0.15) is 0 Å². The minimum Gasteiger partial charge on any atom is -0.309 e. The van der Waals surface area contributed by atoms with Crippen LogP contribution < -0.4 is 5.32 Å². The van der Waals surface area contributed by atoms with Gasteiger partial charge in [0.2, 0.25) is 0 Å². The van der Waals surface area contributed by atoms with Crippen molar-refractivity contribution in [2.45, 2.75) is 19.9 Å². The minimum atomic E-state index is 0.153. The molecule has 0 aliphatic rings. The maximum absolute atomic E-state index is 4.39. The quantitative estimate of drug-likeness (QED) is 0.714. The van der Waals surface area contributed by atoms with Gasteiger partial charge in [-0.3, -0.25) is 4.98 Å². The van der Waals surface area contributed by atoms with E-state index in [-0.39, 0.29) is 6.04 Å². The zero-order valence-electron chi connectivity index (χ0n) is 8.46. The highest BCUT2D eigenvalue weighted by molar-refractivity contribution is 5.27. The Morgan fingerprint density at radius 1 is 1.54 bits per heavy atom. The Hall–Kier alpha value is -1.15. The van der Waals surface area contributed by atoms with Crippen molar-refractivity contribution in [2.24, 2.45) is 0 Å². The molecule has 0 aromatic carbocycles. The van der Waals surface area contributed by atoms with E-state index >= 15 is 0 Å². The molecule has 1 unspecified atom stereocenters. The van der Waals surface area contributed by atoms with Gasteiger partial charge in [-0.05, 0) is 32.0 Å². The summed E-state index contributed by atoms with van der Waals surface area (Å²) in [7, 11) is 1.91. The van der Waals surface area contributed by atoms with E-state index in [4.69, 9.17) is 0 Å². The summed E-state index contributed by atoms with van der Waals surface area (Å²) in [5.41, 5.74) is 3.46. The van der Waals surface area contributed by atoms with Gasteiger partial charge in [0.05, 0.1) is 11.7 Å². The van der Waals surface area contributed by atoms with Crippen molar-refractivity contribution in [3.63, 3.8) is 0 Å². The molecule has 1 rings (SSSR count). The van der Waals surface area contributed by atoms with Crippen molar-refractivity contribution in [2.75, 3.05) is 7.05 Å². The van der Waals surface area contributed by atoms with Gasteiger partial charge in [0.25, 0.3) is 0 Å². The first-order chi connectivity index (χ1) is 6.19. The van der Waals surface area contributed by atoms with Gasteiger partial charge in [-0.25, -0.2) is 0 Å². The molecule has 1 heterocycles. The molecule has 0 saturated carbocycles. The van der Waals surface area contributed by atoms with Crippen molar-refractivity contribution >= 4 is 0 Å². The monoisotopic (exact) mass is 176 g/mol. The summed E-state index contributed by atoms with van der Waals surface area (Å²) in [5, 5.41) is 3.15. The van der Waals surface area contributed by atoms with E-state index in [0.717, 1.165) is 5.69 Å². The highest BCUT2D eigenvalue weighted by atomic mass is 14.9.